The highest BCUT2D eigenvalue weighted by atomic mass is 127. The molecular formula is C7H3Cl2IN2S. The first-order valence-electron chi connectivity index (χ1n) is 3.34. The lowest BCUT2D eigenvalue weighted by molar-refractivity contribution is 1.27. The van der Waals surface area contributed by atoms with Crippen molar-refractivity contribution in [3.63, 3.8) is 0 Å². The van der Waals surface area contributed by atoms with Crippen LogP contribution < -0.4 is 0 Å². The molecule has 0 spiro atoms. The molecule has 2 nitrogen and oxygen atoms in total. The number of pyridine rings is 1. The third-order valence-electron chi connectivity index (χ3n) is 1.62. The molecular weight excluding hydrogens is 342 g/mol. The van der Waals surface area contributed by atoms with Gasteiger partial charge in [0, 0.05) is 41.9 Å². The van der Waals surface area contributed by atoms with Crippen molar-refractivity contribution in [1.29, 1.82) is 0 Å². The molecule has 0 aliphatic carbocycles. The molecule has 6 heteroatoms. The Hall–Kier alpha value is 0.350. The monoisotopic (exact) mass is 344 g/mol. The molecule has 2 heterocycles. The van der Waals surface area contributed by atoms with Crippen molar-refractivity contribution in [2.45, 2.75) is 0 Å². The van der Waals surface area contributed by atoms with E-state index >= 15 is 0 Å². The Morgan fingerprint density at radius 2 is 2.23 bits per heavy atom. The second-order valence-electron chi connectivity index (χ2n) is 2.37. The number of rotatable bonds is 1. The van der Waals surface area contributed by atoms with Crippen molar-refractivity contribution in [3.05, 3.63) is 28.5 Å². The average molecular weight is 345 g/mol. The van der Waals surface area contributed by atoms with E-state index < -0.39 is 0 Å². The van der Waals surface area contributed by atoms with E-state index in [9.17, 15) is 0 Å². The lowest BCUT2D eigenvalue weighted by Gasteiger charge is -1.98. The fourth-order valence-electron chi connectivity index (χ4n) is 1.07. The highest BCUT2D eigenvalue weighted by Gasteiger charge is 2.07. The van der Waals surface area contributed by atoms with Crippen LogP contribution in [0.2, 0.25) is 10.2 Å². The van der Waals surface area contributed by atoms with E-state index in [-0.39, 0.29) is 0 Å². The second kappa shape index (κ2) is 3.84. The predicted octanol–water partition coefficient (Wildman–Crippen LogP) is 4.19. The van der Waals surface area contributed by atoms with Crippen LogP contribution in [0.4, 0.5) is 0 Å². The molecule has 0 N–H and O–H groups in total. The molecule has 68 valence electrons. The molecule has 0 saturated carbocycles. The molecule has 0 fully saturated rings. The Morgan fingerprint density at radius 1 is 1.46 bits per heavy atom. The van der Waals surface area contributed by atoms with E-state index in [0.717, 1.165) is 11.0 Å². The van der Waals surface area contributed by atoms with E-state index in [2.05, 4.69) is 26.2 Å². The van der Waals surface area contributed by atoms with Gasteiger partial charge in [-0.3, -0.25) is 3.97 Å². The van der Waals surface area contributed by atoms with Crippen LogP contribution in [0.1, 0.15) is 0 Å². The maximum atomic E-state index is 5.98. The number of nitrogens with zero attached hydrogens (tertiary/aromatic N) is 2. The fourth-order valence-corrected chi connectivity index (χ4v) is 2.83. The van der Waals surface area contributed by atoms with E-state index in [1.807, 2.05) is 16.2 Å². The minimum absolute atomic E-state index is 0.419. The molecule has 0 aromatic carbocycles. The number of hydrogen-bond acceptors (Lipinski definition) is 2. The third-order valence-corrected chi connectivity index (χ3v) is 3.84. The zero-order valence-corrected chi connectivity index (χ0v) is 10.7. The zero-order valence-electron chi connectivity index (χ0n) is 6.17. The van der Waals surface area contributed by atoms with Gasteiger partial charge in [-0.25, -0.2) is 4.98 Å². The molecule has 13 heavy (non-hydrogen) atoms. The van der Waals surface area contributed by atoms with Gasteiger partial charge in [-0.05, 0) is 12.1 Å². The zero-order chi connectivity index (χ0) is 9.42. The van der Waals surface area contributed by atoms with Gasteiger partial charge in [0.15, 0.2) is 5.65 Å². The molecule has 0 atom stereocenters. The van der Waals surface area contributed by atoms with Crippen molar-refractivity contribution < 1.29 is 0 Å². The van der Waals surface area contributed by atoms with Crippen LogP contribution in [-0.2, 0) is 0 Å². The molecule has 0 radical (unpaired) electrons. The van der Waals surface area contributed by atoms with Gasteiger partial charge >= 0.3 is 0 Å². The Kier molecular flexibility index (Phi) is 2.92. The van der Waals surface area contributed by atoms with Gasteiger partial charge in [0.05, 0.1) is 5.02 Å². The topological polar surface area (TPSA) is 17.8 Å². The summed E-state index contributed by atoms with van der Waals surface area (Å²) < 4.78 is 1.91. The SMILES string of the molecule is Clc1cc(Cl)c2ccn(SI)c2n1. The third kappa shape index (κ3) is 1.77. The van der Waals surface area contributed by atoms with Crippen LogP contribution in [0.25, 0.3) is 11.0 Å². The summed E-state index contributed by atoms with van der Waals surface area (Å²) in [5, 5.41) is 1.98. The Labute approximate surface area is 101 Å². The van der Waals surface area contributed by atoms with E-state index in [1.165, 1.54) is 9.12 Å². The minimum Gasteiger partial charge on any atom is -0.266 e. The van der Waals surface area contributed by atoms with Crippen molar-refractivity contribution in [2.75, 3.05) is 0 Å². The summed E-state index contributed by atoms with van der Waals surface area (Å²) in [6, 6.07) is 3.57. The summed E-state index contributed by atoms with van der Waals surface area (Å²) in [5.74, 6) is 0. The lowest BCUT2D eigenvalue weighted by Crippen LogP contribution is -1.84. The molecule has 0 amide bonds. The lowest BCUT2D eigenvalue weighted by atomic mass is 10.3. The van der Waals surface area contributed by atoms with Crippen molar-refractivity contribution >= 4 is 64.6 Å². The van der Waals surface area contributed by atoms with Gasteiger partial charge < -0.3 is 0 Å². The fraction of sp³-hybridized carbons (Fsp3) is 0. The molecule has 0 unspecified atom stereocenters. The summed E-state index contributed by atoms with van der Waals surface area (Å²) in [6.07, 6.45) is 1.91. The number of fused-ring (bicyclic) bond motifs is 1. The quantitative estimate of drug-likeness (QED) is 0.570. The Bertz CT molecular complexity index is 457. The maximum Gasteiger partial charge on any atom is 0.153 e. The molecule has 0 saturated heterocycles. The summed E-state index contributed by atoms with van der Waals surface area (Å²) in [5.41, 5.74) is 0.803. The van der Waals surface area contributed by atoms with Crippen LogP contribution in [0.15, 0.2) is 18.3 Å². The highest BCUT2D eigenvalue weighted by molar-refractivity contribution is 14.2. The number of halogens is 3. The summed E-state index contributed by atoms with van der Waals surface area (Å²) in [4.78, 5) is 4.19. The van der Waals surface area contributed by atoms with Crippen LogP contribution in [0.3, 0.4) is 0 Å². The van der Waals surface area contributed by atoms with Gasteiger partial charge in [0.2, 0.25) is 0 Å². The largest absolute Gasteiger partial charge is 0.266 e. The summed E-state index contributed by atoms with van der Waals surface area (Å²) in [6.45, 7) is 0. The molecule has 2 rings (SSSR count). The number of hydrogen-bond donors (Lipinski definition) is 0. The first kappa shape index (κ1) is 9.89. The van der Waals surface area contributed by atoms with Crippen molar-refractivity contribution in [1.82, 2.24) is 8.96 Å². The van der Waals surface area contributed by atoms with Gasteiger partial charge in [-0.2, -0.15) is 0 Å². The van der Waals surface area contributed by atoms with E-state index in [0.29, 0.717) is 10.2 Å². The molecule has 0 bridgehead atoms. The Balaban J connectivity index is 2.82. The molecule has 0 aliphatic rings. The minimum atomic E-state index is 0.419. The van der Waals surface area contributed by atoms with Crippen LogP contribution in [0, 0.1) is 0 Å². The smallest absolute Gasteiger partial charge is 0.153 e. The van der Waals surface area contributed by atoms with Gasteiger partial charge in [-0.15, -0.1) is 0 Å². The van der Waals surface area contributed by atoms with Gasteiger partial charge in [0.1, 0.15) is 5.15 Å². The summed E-state index contributed by atoms with van der Waals surface area (Å²) >= 11 is 13.9. The van der Waals surface area contributed by atoms with Crippen LogP contribution in [-0.4, -0.2) is 8.96 Å². The first-order chi connectivity index (χ1) is 6.22. The normalized spacial score (nSPS) is 11.0. The van der Waals surface area contributed by atoms with Gasteiger partial charge in [0.25, 0.3) is 0 Å². The number of aromatic nitrogens is 2. The van der Waals surface area contributed by atoms with Crippen LogP contribution >= 0.6 is 53.5 Å². The standard InChI is InChI=1S/C7H3Cl2IN2S/c8-5-3-6(9)11-7-4(5)1-2-12(7)13-10/h1-3H. The molecule has 2 aromatic rings. The highest BCUT2D eigenvalue weighted by Crippen LogP contribution is 2.29. The van der Waals surface area contributed by atoms with Crippen molar-refractivity contribution in [2.24, 2.45) is 0 Å². The summed E-state index contributed by atoms with van der Waals surface area (Å²) in [7, 11) is 1.53. The van der Waals surface area contributed by atoms with Crippen molar-refractivity contribution in [3.8, 4) is 0 Å². The molecule has 0 aliphatic heterocycles. The molecule has 2 aromatic heterocycles. The van der Waals surface area contributed by atoms with Crippen LogP contribution in [0.5, 0.6) is 0 Å². The van der Waals surface area contributed by atoms with E-state index in [4.69, 9.17) is 23.2 Å². The van der Waals surface area contributed by atoms with Gasteiger partial charge in [-0.1, -0.05) is 23.2 Å². The predicted molar refractivity (Wildman–Crippen MR) is 66.8 cm³/mol. The Morgan fingerprint density at radius 3 is 2.92 bits per heavy atom. The second-order valence-corrected chi connectivity index (χ2v) is 4.88. The van der Waals surface area contributed by atoms with E-state index in [1.54, 1.807) is 6.07 Å². The first-order valence-corrected chi connectivity index (χ1v) is 7.42. The average Bonchev–Trinajstić information content (AvgIpc) is 2.47. The maximum absolute atomic E-state index is 5.98.